The Kier molecular flexibility index (Phi) is 5.74. The van der Waals surface area contributed by atoms with Crippen LogP contribution >= 0.6 is 0 Å². The first-order valence-corrected chi connectivity index (χ1v) is 14.4. The maximum absolute atomic E-state index is 8.71. The molecule has 226 valence electrons. The van der Waals surface area contributed by atoms with E-state index in [0.29, 0.717) is 11.3 Å². The van der Waals surface area contributed by atoms with Gasteiger partial charge in [0.05, 0.1) is 5.48 Å². The van der Waals surface area contributed by atoms with Crippen molar-refractivity contribution in [1.82, 2.24) is 19.1 Å². The van der Waals surface area contributed by atoms with Gasteiger partial charge in [0.15, 0.2) is 6.98 Å². The summed E-state index contributed by atoms with van der Waals surface area (Å²) in [7, 11) is 0. The summed E-state index contributed by atoms with van der Waals surface area (Å²) in [6, 6.07) is 23.1. The van der Waals surface area contributed by atoms with Crippen molar-refractivity contribution < 1.29 is 40.0 Å². The molecule has 3 aromatic heterocycles. The molecule has 0 fully saturated rings. The summed E-state index contributed by atoms with van der Waals surface area (Å²) in [5.41, 5.74) is 3.76. The van der Waals surface area contributed by atoms with E-state index < -0.39 is 36.6 Å². The van der Waals surface area contributed by atoms with Crippen LogP contribution in [0, 0.1) is 12.1 Å². The molecule has 0 bridgehead atoms. The molecule has 3 aromatic carbocycles. The Morgan fingerprint density at radius 3 is 2.40 bits per heavy atom. The molecule has 0 spiro atoms. The normalized spacial score (nSPS) is 15.5. The van der Waals surface area contributed by atoms with E-state index in [1.165, 1.54) is 4.58 Å². The Labute approximate surface area is 288 Å². The minimum Gasteiger partial charge on any atom is -0.507 e. The van der Waals surface area contributed by atoms with Gasteiger partial charge in [0, 0.05) is 35.3 Å². The molecule has 6 nitrogen and oxygen atoms in total. The van der Waals surface area contributed by atoms with Crippen LogP contribution < -0.4 is 9.31 Å². The minimum absolute atomic E-state index is 0. The Hall–Kier alpha value is -4.37. The van der Waals surface area contributed by atoms with Crippen molar-refractivity contribution in [3.8, 4) is 17.3 Å². The van der Waals surface area contributed by atoms with Gasteiger partial charge in [-0.2, -0.15) is 0 Å². The van der Waals surface area contributed by atoms with Crippen molar-refractivity contribution in [1.29, 1.82) is 0 Å². The van der Waals surface area contributed by atoms with E-state index in [2.05, 4.69) is 45.0 Å². The molecule has 0 aliphatic carbocycles. The fraction of sp³-hybridized carbons (Fsp3) is 0.237. The number of aromatic nitrogens is 3. The SMILES string of the molecule is [2H]c1c([2H])c([2H])c2c(c1[2H])[N+](c1[c-]c(Oc3[c-]c4c(nc3)c3ccccc3n4-c3cc(C(C)(C)C)ccn3)cc(C(C)(C)C)c1)=C=[N+]2C([2H])([2H])[2H].[Pt+2]. The van der Waals surface area contributed by atoms with Crippen LogP contribution in [0.4, 0.5) is 17.1 Å². The third-order valence-electron chi connectivity index (χ3n) is 7.69. The standard InChI is InChI=1S/C38H35N5O.Pt/c1-37(2,3)25-16-17-39-35(20-25)43-31-13-9-8-12-30(31)36-34(43)22-29(23-40-36)44-28-19-26(38(4,5)6)18-27(21-28)42-24-41(7)32-14-10-11-15-33(32)42;/h8-20,23H,1-7H3;/q;+2/i7D3,10D,11D,14D,15D;. The largest absolute Gasteiger partial charge is 2.00 e. The van der Waals surface area contributed by atoms with Crippen molar-refractivity contribution in [2.24, 2.45) is 0 Å². The molecule has 0 unspecified atom stereocenters. The number of fused-ring (bicyclic) bond motifs is 4. The molecule has 6 aromatic rings. The van der Waals surface area contributed by atoms with Gasteiger partial charge in [-0.15, -0.1) is 17.7 Å². The smallest absolute Gasteiger partial charge is 0.507 e. The fourth-order valence-corrected chi connectivity index (χ4v) is 5.29. The van der Waals surface area contributed by atoms with Gasteiger partial charge in [-0.3, -0.25) is 0 Å². The maximum Gasteiger partial charge on any atom is 2.00 e. The molecule has 1 aliphatic rings. The number of hydrogen-bond donors (Lipinski definition) is 0. The van der Waals surface area contributed by atoms with Gasteiger partial charge >= 0.3 is 27.1 Å². The van der Waals surface area contributed by atoms with Crippen LogP contribution in [0.5, 0.6) is 11.5 Å². The summed E-state index contributed by atoms with van der Waals surface area (Å²) in [5.74, 6) is 1.28. The van der Waals surface area contributed by atoms with Crippen molar-refractivity contribution >= 4 is 45.0 Å². The van der Waals surface area contributed by atoms with Gasteiger partial charge in [-0.05, 0) is 57.2 Å². The van der Waals surface area contributed by atoms with E-state index in [-0.39, 0.29) is 49.3 Å². The maximum atomic E-state index is 8.71. The summed E-state index contributed by atoms with van der Waals surface area (Å²) in [6.07, 6.45) is 3.39. The molecule has 0 atom stereocenters. The summed E-state index contributed by atoms with van der Waals surface area (Å²) in [6.45, 7) is 9.72. The van der Waals surface area contributed by atoms with Crippen molar-refractivity contribution in [2.45, 2.75) is 52.4 Å². The van der Waals surface area contributed by atoms with E-state index in [4.69, 9.17) is 24.3 Å². The molecular weight excluding hydrogens is 738 g/mol. The third-order valence-corrected chi connectivity index (χ3v) is 7.69. The van der Waals surface area contributed by atoms with Crippen molar-refractivity contribution in [2.75, 3.05) is 6.98 Å². The van der Waals surface area contributed by atoms with Gasteiger partial charge in [0.1, 0.15) is 15.6 Å². The average Bonchev–Trinajstić information content (AvgIpc) is 3.63. The molecule has 7 rings (SSSR count). The molecule has 0 radical (unpaired) electrons. The van der Waals surface area contributed by atoms with Gasteiger partial charge in [0.2, 0.25) is 0 Å². The zero-order valence-electron chi connectivity index (χ0n) is 32.7. The zero-order chi connectivity index (χ0) is 36.8. The molecule has 45 heavy (non-hydrogen) atoms. The molecule has 0 N–H and O–H groups in total. The predicted molar refractivity (Wildman–Crippen MR) is 177 cm³/mol. The second-order valence-corrected chi connectivity index (χ2v) is 12.9. The zero-order valence-corrected chi connectivity index (χ0v) is 28.0. The number of rotatable bonds is 4. The predicted octanol–water partition coefficient (Wildman–Crippen LogP) is 8.85. The molecule has 4 heterocycles. The van der Waals surface area contributed by atoms with Gasteiger partial charge < -0.3 is 14.3 Å². The van der Waals surface area contributed by atoms with Crippen molar-refractivity contribution in [3.63, 3.8) is 0 Å². The van der Waals surface area contributed by atoms with Crippen LogP contribution in [-0.4, -0.2) is 32.1 Å². The Morgan fingerprint density at radius 2 is 1.64 bits per heavy atom. The van der Waals surface area contributed by atoms with Gasteiger partial charge in [-0.25, -0.2) is 4.98 Å². The quantitative estimate of drug-likeness (QED) is 0.133. The first-order chi connectivity index (χ1) is 23.8. The van der Waals surface area contributed by atoms with Crippen LogP contribution in [0.3, 0.4) is 0 Å². The summed E-state index contributed by atoms with van der Waals surface area (Å²) >= 11 is 0. The second kappa shape index (κ2) is 11.2. The molecular formula is C38H35N5OPt+2. The number of benzene rings is 3. The topological polar surface area (TPSA) is 46.0 Å². The average molecular weight is 780 g/mol. The van der Waals surface area contributed by atoms with E-state index >= 15 is 0 Å². The van der Waals surface area contributed by atoms with Crippen LogP contribution in [0.25, 0.3) is 27.8 Å². The van der Waals surface area contributed by atoms with Gasteiger partial charge in [-0.1, -0.05) is 93.1 Å². The molecule has 0 amide bonds. The van der Waals surface area contributed by atoms with E-state index in [1.54, 1.807) is 18.5 Å². The summed E-state index contributed by atoms with van der Waals surface area (Å²) in [5, 5.41) is 0.934. The minimum atomic E-state index is -2.78. The summed E-state index contributed by atoms with van der Waals surface area (Å²) in [4.78, 5) is 9.53. The number of nitrogens with zero attached hydrogens (tertiary/aromatic N) is 5. The first kappa shape index (κ1) is 23.0. The Balaban J connectivity index is 0.00000464. The molecule has 1 aliphatic heterocycles. The second-order valence-electron chi connectivity index (χ2n) is 12.9. The fourth-order valence-electron chi connectivity index (χ4n) is 5.29. The number of ether oxygens (including phenoxy) is 1. The van der Waals surface area contributed by atoms with Crippen LogP contribution in [-0.2, 0) is 31.9 Å². The monoisotopic (exact) mass is 779 g/mol. The summed E-state index contributed by atoms with van der Waals surface area (Å²) < 4.78 is 68.7. The third kappa shape index (κ3) is 5.54. The van der Waals surface area contributed by atoms with E-state index in [0.717, 1.165) is 37.9 Å². The van der Waals surface area contributed by atoms with Crippen LogP contribution in [0.15, 0.2) is 85.1 Å². The molecule has 7 heteroatoms. The molecule has 0 saturated carbocycles. The Morgan fingerprint density at radius 1 is 0.889 bits per heavy atom. The van der Waals surface area contributed by atoms with Crippen LogP contribution in [0.2, 0.25) is 0 Å². The van der Waals surface area contributed by atoms with Crippen molar-refractivity contribution in [3.05, 3.63) is 108 Å². The first-order valence-electron chi connectivity index (χ1n) is 17.9. The number of pyridine rings is 2. The van der Waals surface area contributed by atoms with Crippen LogP contribution in [0.1, 0.15) is 62.3 Å². The number of hydrogen-bond acceptors (Lipinski definition) is 3. The van der Waals surface area contributed by atoms with E-state index in [1.807, 2.05) is 61.7 Å². The van der Waals surface area contributed by atoms with Gasteiger partial charge in [0.25, 0.3) is 11.4 Å². The molecule has 0 saturated heterocycles. The Bertz CT molecular complexity index is 2510. The van der Waals surface area contributed by atoms with E-state index in [9.17, 15) is 0 Å². The number of para-hydroxylation sites is 3.